The second kappa shape index (κ2) is 44.3. The number of hydrogen-bond acceptors (Lipinski definition) is 51. The molecule has 55 nitrogen and oxygen atoms in total. The van der Waals surface area contributed by atoms with Gasteiger partial charge in [0.05, 0.1) is 66.1 Å². The normalized spacial score (nSPS) is 49.4. The Morgan fingerprint density at radius 3 is 0.789 bits per heavy atom. The van der Waals surface area contributed by atoms with Crippen molar-refractivity contribution in [1.29, 1.82) is 0 Å². The molecule has 0 aliphatic carbocycles. The Labute approximate surface area is 695 Å². The van der Waals surface area contributed by atoms with E-state index in [0.29, 0.717) is 0 Å². The van der Waals surface area contributed by atoms with Crippen LogP contribution in [0.1, 0.15) is 27.7 Å². The van der Waals surface area contributed by atoms with Crippen LogP contribution in [0.2, 0.25) is 0 Å². The molecule has 10 saturated heterocycles. The molecular formula is C68H114N4O51. The predicted molar refractivity (Wildman–Crippen MR) is 376 cm³/mol. The van der Waals surface area contributed by atoms with Crippen molar-refractivity contribution in [3.8, 4) is 0 Å². The van der Waals surface area contributed by atoms with Gasteiger partial charge in [0.1, 0.15) is 244 Å². The fourth-order valence-electron chi connectivity index (χ4n) is 15.9. The lowest BCUT2D eigenvalue weighted by atomic mass is 9.93. The molecule has 10 heterocycles. The van der Waals surface area contributed by atoms with Gasteiger partial charge in [-0.05, 0) is 0 Å². The van der Waals surface area contributed by atoms with Crippen molar-refractivity contribution < 1.29 is 252 Å². The lowest BCUT2D eigenvalue weighted by molar-refractivity contribution is -0.407. The number of carbonyl (C=O) groups is 4. The minimum atomic E-state index is -2.69. The van der Waals surface area contributed by atoms with E-state index in [4.69, 9.17) is 90.0 Å². The van der Waals surface area contributed by atoms with E-state index < -0.39 is 397 Å². The van der Waals surface area contributed by atoms with Gasteiger partial charge < -0.3 is 254 Å². The SMILES string of the molecule is CC(=O)N[C@@H]1[C@@H](O)[C@H](O[C@@H]2O[C@H](CO)[C@@H](O[C@@H]3O[C@H](CO[C@H]4O[C@H](CO)[C@@H](O)[C@H](O)[C@@H]4O[C@H]4O[C@H](CO)[C@@H](O)[C@H](O)[C@@H]4O)[C@@H](O)[C@H](O[C@H]4O[C@H](CO)[C@@H](O[C@@H]5O[C@H](CO)[C@@H](O[C@@H]6O[C@H](CO)[C@H](O)[C@H](O)[C@H]6O)[C@H](O)[C@H]5NC(C)=O)[C@H](O)[C@@H]4O[C@@H]4O[C@H](CO)[C@@H](O[C@@H]5O[C@H](CO)[C@H](O)[C@H](O)[C@H]5O)[C@H](O)[C@H]4NC(C)=O)[C@@H]3O)[C@H](O)[C@H]2NC(C)=O)[C@@H](CO)O[C@H]1O. The molecule has 712 valence electrons. The Balaban J connectivity index is 1.04. The first kappa shape index (κ1) is 101. The minimum absolute atomic E-state index is 0.810. The van der Waals surface area contributed by atoms with Crippen LogP contribution in [0.4, 0.5) is 0 Å². The highest BCUT2D eigenvalue weighted by Gasteiger charge is 2.62. The van der Waals surface area contributed by atoms with Crippen LogP contribution in [0.25, 0.3) is 0 Å². The molecule has 0 saturated carbocycles. The van der Waals surface area contributed by atoms with Crippen LogP contribution < -0.4 is 21.3 Å². The van der Waals surface area contributed by atoms with Crippen molar-refractivity contribution in [3.05, 3.63) is 0 Å². The van der Waals surface area contributed by atoms with Gasteiger partial charge in [-0.2, -0.15) is 0 Å². The van der Waals surface area contributed by atoms with Gasteiger partial charge in [-0.15, -0.1) is 0 Å². The van der Waals surface area contributed by atoms with E-state index in [1.165, 1.54) is 0 Å². The third kappa shape index (κ3) is 22.3. The van der Waals surface area contributed by atoms with Crippen LogP contribution in [0.5, 0.6) is 0 Å². The fraction of sp³-hybridized carbons (Fsp3) is 0.941. The Hall–Kier alpha value is -4.00. The molecule has 55 heteroatoms. The summed E-state index contributed by atoms with van der Waals surface area (Å²) >= 11 is 0. The first-order valence-electron chi connectivity index (χ1n) is 39.1. The van der Waals surface area contributed by atoms with Crippen LogP contribution in [0.3, 0.4) is 0 Å². The molecule has 10 fully saturated rings. The number of rotatable bonds is 32. The van der Waals surface area contributed by atoms with Crippen LogP contribution in [0.15, 0.2) is 0 Å². The summed E-state index contributed by atoms with van der Waals surface area (Å²) in [5.41, 5.74) is 0. The fourth-order valence-corrected chi connectivity index (χ4v) is 15.9. The number of carbonyl (C=O) groups excluding carboxylic acids is 4. The number of nitrogens with one attached hydrogen (secondary N) is 4. The zero-order valence-corrected chi connectivity index (χ0v) is 65.9. The second-order valence-electron chi connectivity index (χ2n) is 31.0. The summed E-state index contributed by atoms with van der Waals surface area (Å²) in [5.74, 6) is -3.83. The topological polar surface area (TPSA) is 858 Å². The second-order valence-corrected chi connectivity index (χ2v) is 31.0. The van der Waals surface area contributed by atoms with E-state index in [-0.39, 0.29) is 0 Å². The van der Waals surface area contributed by atoms with Gasteiger partial charge in [0.25, 0.3) is 0 Å². The summed E-state index contributed by atoms with van der Waals surface area (Å²) in [5, 5.41) is 322. The molecular weight excluding hydrogens is 1690 g/mol. The first-order valence-corrected chi connectivity index (χ1v) is 39.1. The van der Waals surface area contributed by atoms with Crippen molar-refractivity contribution in [3.63, 3.8) is 0 Å². The molecule has 0 spiro atoms. The van der Waals surface area contributed by atoms with Crippen molar-refractivity contribution in [2.45, 2.75) is 335 Å². The number of amides is 4. The maximum Gasteiger partial charge on any atom is 0.217 e. The Kier molecular flexibility index (Phi) is 36.4. The van der Waals surface area contributed by atoms with E-state index in [9.17, 15) is 162 Å². The van der Waals surface area contributed by atoms with E-state index in [0.717, 1.165) is 27.7 Å². The lowest BCUT2D eigenvalue weighted by Gasteiger charge is -2.52. The van der Waals surface area contributed by atoms with E-state index in [1.807, 2.05) is 0 Å². The summed E-state index contributed by atoms with van der Waals surface area (Å²) in [6.45, 7) is -7.76. The summed E-state index contributed by atoms with van der Waals surface area (Å²) < 4.78 is 113. The zero-order chi connectivity index (χ0) is 90.5. The Morgan fingerprint density at radius 1 is 0.211 bits per heavy atom. The molecule has 0 aromatic rings. The number of aliphatic hydroxyl groups excluding tert-OH is 28. The van der Waals surface area contributed by atoms with E-state index in [2.05, 4.69) is 21.3 Å². The molecule has 123 heavy (non-hydrogen) atoms. The Bertz CT molecular complexity index is 3310. The first-order chi connectivity index (χ1) is 58.2. The molecule has 32 N–H and O–H groups in total. The predicted octanol–water partition coefficient (Wildman–Crippen LogP) is -22.2. The molecule has 0 unspecified atom stereocenters. The molecule has 0 aromatic carbocycles. The van der Waals surface area contributed by atoms with Crippen molar-refractivity contribution in [1.82, 2.24) is 21.3 Å². The van der Waals surface area contributed by atoms with Crippen molar-refractivity contribution in [2.24, 2.45) is 0 Å². The average molecular weight is 1800 g/mol. The molecule has 10 aliphatic rings. The van der Waals surface area contributed by atoms with Gasteiger partial charge in [-0.3, -0.25) is 19.2 Å². The summed E-state index contributed by atoms with van der Waals surface area (Å²) in [7, 11) is 0. The van der Waals surface area contributed by atoms with Crippen molar-refractivity contribution >= 4 is 23.6 Å². The number of hydrogen-bond donors (Lipinski definition) is 32. The quantitative estimate of drug-likeness (QED) is 0.0297. The maximum atomic E-state index is 13.3. The molecule has 0 aromatic heterocycles. The van der Waals surface area contributed by atoms with Crippen molar-refractivity contribution in [2.75, 3.05) is 66.1 Å². The smallest absolute Gasteiger partial charge is 0.217 e. The third-order valence-corrected chi connectivity index (χ3v) is 22.5. The largest absolute Gasteiger partial charge is 0.394 e. The highest BCUT2D eigenvalue weighted by Crippen LogP contribution is 2.41. The van der Waals surface area contributed by atoms with Gasteiger partial charge in [-0.25, -0.2) is 0 Å². The summed E-state index contributed by atoms with van der Waals surface area (Å²) in [4.78, 5) is 51.8. The lowest BCUT2D eigenvalue weighted by Crippen LogP contribution is -2.71. The molecule has 0 radical (unpaired) electrons. The van der Waals surface area contributed by atoms with Gasteiger partial charge in [0.2, 0.25) is 23.6 Å². The van der Waals surface area contributed by atoms with Crippen LogP contribution in [-0.4, -0.2) is 539 Å². The van der Waals surface area contributed by atoms with Crippen LogP contribution in [0, 0.1) is 0 Å². The monoisotopic (exact) mass is 1800 g/mol. The van der Waals surface area contributed by atoms with Gasteiger partial charge in [0.15, 0.2) is 62.9 Å². The Morgan fingerprint density at radius 2 is 0.447 bits per heavy atom. The standard InChI is InChI=1S/C68H114N4O51/c1-15(82)69-29-38(91)51(23(9-77)106-59(29)104)116-60-30(70-16(2)83)40(93)54(26(12-80)111-60)120-66-50(103)56(37(90)28(115-66)14-105-67-57(45(98)36(89)22(8-76)110-67)123-65-48(101)44(97)35(88)21(7-75)109-65)121-68-58(122-62-32(72-18(4)85)41(94)53(25(11-79)113-62)119-64-47(100)43(96)34(87)20(6-74)108-64)49(102)55(27(13-81)114-68)117-61-31(71-17(3)84)39(92)52(24(10-78)112-61)118-63-46(99)42(95)33(86)19(5-73)107-63/h19-68,73-81,86-104H,5-14H2,1-4H3,(H,69,82)(H,70,83)(H,71,84)(H,72,85)/t19-,20-,21-,22-,23-,24-,25-,26-,27-,28-,29-,30-,31-,32-,33+,34+,35-,36-,37-,38-,39-,40-,41-,42+,43+,44+,45+,46-,47-,48+,49+,50+,51-,52-,53-,54-,55-,56+,57+,58+,59-,60+,61+,62+,63+,64+,65-,66+,67+,68-/m1/s1. The van der Waals surface area contributed by atoms with Gasteiger partial charge in [0, 0.05) is 27.7 Å². The summed E-state index contributed by atoms with van der Waals surface area (Å²) in [6.07, 6.45) is -98.9. The highest BCUT2D eigenvalue weighted by molar-refractivity contribution is 5.74. The third-order valence-electron chi connectivity index (χ3n) is 22.5. The van der Waals surface area contributed by atoms with Gasteiger partial charge >= 0.3 is 0 Å². The maximum absolute atomic E-state index is 13.3. The van der Waals surface area contributed by atoms with E-state index >= 15 is 0 Å². The molecule has 0 bridgehead atoms. The highest BCUT2D eigenvalue weighted by atomic mass is 16.8. The van der Waals surface area contributed by atoms with Gasteiger partial charge in [-0.1, -0.05) is 0 Å². The minimum Gasteiger partial charge on any atom is -0.394 e. The van der Waals surface area contributed by atoms with Crippen LogP contribution >= 0.6 is 0 Å². The molecule has 10 rings (SSSR count). The van der Waals surface area contributed by atoms with E-state index in [1.54, 1.807) is 0 Å². The molecule has 4 amide bonds. The zero-order valence-electron chi connectivity index (χ0n) is 65.9. The number of ether oxygens (including phenoxy) is 19. The number of aliphatic hydroxyl groups is 28. The average Bonchev–Trinajstić information content (AvgIpc) is 0.753. The van der Waals surface area contributed by atoms with Crippen LogP contribution in [-0.2, 0) is 109 Å². The summed E-state index contributed by atoms with van der Waals surface area (Å²) in [6, 6.07) is -7.78. The molecule has 10 aliphatic heterocycles. The molecule has 50 atom stereocenters.